The fraction of sp³-hybridized carbons (Fsp3) is 0.348. The minimum atomic E-state index is -4.44. The van der Waals surface area contributed by atoms with Gasteiger partial charge in [0.25, 0.3) is 0 Å². The summed E-state index contributed by atoms with van der Waals surface area (Å²) in [5.41, 5.74) is -0.364. The molecule has 2 aromatic carbocycles. The molecule has 0 fully saturated rings. The number of alkyl halides is 3. The smallest absolute Gasteiger partial charge is 0.383 e. The number of hydrogen-bond acceptors (Lipinski definition) is 4. The third-order valence-corrected chi connectivity index (χ3v) is 5.35. The van der Waals surface area contributed by atoms with Gasteiger partial charge in [-0.3, -0.25) is 9.36 Å². The highest BCUT2D eigenvalue weighted by Crippen LogP contribution is 2.32. The van der Waals surface area contributed by atoms with Gasteiger partial charge in [0, 0.05) is 24.1 Å². The molecule has 0 aliphatic carbocycles. The molecule has 3 aromatic rings. The molecule has 10 heteroatoms. The van der Waals surface area contributed by atoms with E-state index in [0.29, 0.717) is 16.4 Å². The predicted molar refractivity (Wildman–Crippen MR) is 118 cm³/mol. The highest BCUT2D eigenvalue weighted by atomic mass is 35.5. The van der Waals surface area contributed by atoms with Gasteiger partial charge in [0.2, 0.25) is 0 Å². The Morgan fingerprint density at radius 1 is 1.12 bits per heavy atom. The van der Waals surface area contributed by atoms with Crippen LogP contribution in [-0.4, -0.2) is 33.8 Å². The SMILES string of the molecule is COCCn1c(-c2ccc(Cl)cc2)nn(CC(=O)CCCc2ccccc2C(F)(F)F)c1=O. The maximum absolute atomic E-state index is 13.1. The van der Waals surface area contributed by atoms with E-state index in [2.05, 4.69) is 5.10 Å². The summed E-state index contributed by atoms with van der Waals surface area (Å²) in [4.78, 5) is 25.3. The lowest BCUT2D eigenvalue weighted by molar-refractivity contribution is -0.138. The van der Waals surface area contributed by atoms with E-state index in [9.17, 15) is 22.8 Å². The number of methoxy groups -OCH3 is 1. The van der Waals surface area contributed by atoms with E-state index in [1.807, 2.05) is 0 Å². The summed E-state index contributed by atoms with van der Waals surface area (Å²) in [5, 5.41) is 4.85. The zero-order valence-corrected chi connectivity index (χ0v) is 18.7. The average molecular weight is 482 g/mol. The van der Waals surface area contributed by atoms with Crippen molar-refractivity contribution < 1.29 is 22.7 Å². The van der Waals surface area contributed by atoms with Crippen LogP contribution in [0, 0.1) is 0 Å². The molecule has 3 rings (SSSR count). The molecular formula is C23H23ClF3N3O3. The zero-order valence-electron chi connectivity index (χ0n) is 17.9. The van der Waals surface area contributed by atoms with Crippen molar-refractivity contribution in [3.05, 3.63) is 75.2 Å². The molecule has 1 aromatic heterocycles. The van der Waals surface area contributed by atoms with Crippen LogP contribution < -0.4 is 5.69 Å². The number of hydrogen-bond donors (Lipinski definition) is 0. The number of benzene rings is 2. The van der Waals surface area contributed by atoms with Crippen molar-refractivity contribution >= 4 is 17.4 Å². The van der Waals surface area contributed by atoms with Gasteiger partial charge in [0.1, 0.15) is 6.54 Å². The Bertz CT molecular complexity index is 1150. The molecule has 0 amide bonds. The quantitative estimate of drug-likeness (QED) is 0.424. The lowest BCUT2D eigenvalue weighted by atomic mass is 10.0. The van der Waals surface area contributed by atoms with E-state index >= 15 is 0 Å². The zero-order chi connectivity index (χ0) is 24.0. The summed E-state index contributed by atoms with van der Waals surface area (Å²) in [6.45, 7) is 0.259. The molecule has 6 nitrogen and oxygen atoms in total. The molecule has 0 spiro atoms. The van der Waals surface area contributed by atoms with Gasteiger partial charge in [-0.1, -0.05) is 29.8 Å². The van der Waals surface area contributed by atoms with Crippen molar-refractivity contribution in [2.24, 2.45) is 0 Å². The van der Waals surface area contributed by atoms with Gasteiger partial charge in [0.15, 0.2) is 11.6 Å². The van der Waals surface area contributed by atoms with Crippen molar-refractivity contribution in [1.29, 1.82) is 0 Å². The number of carbonyl (C=O) groups excluding carboxylic acids is 1. The van der Waals surface area contributed by atoms with E-state index in [1.54, 1.807) is 24.3 Å². The first-order chi connectivity index (χ1) is 15.7. The lowest BCUT2D eigenvalue weighted by Gasteiger charge is -2.12. The number of Topliss-reactive ketones (excluding diaryl/α,β-unsaturated/α-hetero) is 1. The second kappa shape index (κ2) is 10.8. The van der Waals surface area contributed by atoms with Crippen LogP contribution in [0.2, 0.25) is 5.02 Å². The standard InChI is InChI=1S/C23H23ClF3N3O3/c1-33-14-13-29-21(17-9-11-18(24)12-10-17)28-30(22(29)32)15-19(31)7-4-6-16-5-2-3-8-20(16)23(25,26)27/h2-3,5,8-12H,4,6-7,13-15H2,1H3. The third-order valence-electron chi connectivity index (χ3n) is 5.09. The summed E-state index contributed by atoms with van der Waals surface area (Å²) >= 11 is 5.93. The molecule has 0 aliphatic heterocycles. The number of aromatic nitrogens is 3. The number of rotatable bonds is 10. The number of halogens is 4. The van der Waals surface area contributed by atoms with Crippen molar-refractivity contribution in [2.75, 3.05) is 13.7 Å². The van der Waals surface area contributed by atoms with E-state index in [1.165, 1.54) is 29.9 Å². The Kier molecular flexibility index (Phi) is 8.10. The molecule has 0 aliphatic rings. The number of ether oxygens (including phenoxy) is 1. The van der Waals surface area contributed by atoms with Crippen LogP contribution in [0.5, 0.6) is 0 Å². The fourth-order valence-electron chi connectivity index (χ4n) is 3.48. The molecule has 0 atom stereocenters. The minimum Gasteiger partial charge on any atom is -0.383 e. The molecule has 0 saturated carbocycles. The van der Waals surface area contributed by atoms with E-state index in [-0.39, 0.29) is 50.3 Å². The van der Waals surface area contributed by atoms with Crippen LogP contribution in [0.4, 0.5) is 13.2 Å². The second-order valence-corrected chi connectivity index (χ2v) is 7.90. The summed E-state index contributed by atoms with van der Waals surface area (Å²) in [5.74, 6) is 0.0845. The van der Waals surface area contributed by atoms with Crippen LogP contribution in [-0.2, 0) is 35.2 Å². The molecule has 0 bridgehead atoms. The van der Waals surface area contributed by atoms with Crippen LogP contribution in [0.3, 0.4) is 0 Å². The molecule has 1 heterocycles. The van der Waals surface area contributed by atoms with Gasteiger partial charge < -0.3 is 4.74 Å². The van der Waals surface area contributed by atoms with E-state index in [4.69, 9.17) is 16.3 Å². The van der Waals surface area contributed by atoms with Crippen molar-refractivity contribution in [1.82, 2.24) is 14.3 Å². The van der Waals surface area contributed by atoms with E-state index < -0.39 is 17.4 Å². The molecule has 0 saturated heterocycles. The minimum absolute atomic E-state index is 0.0276. The highest BCUT2D eigenvalue weighted by Gasteiger charge is 2.32. The average Bonchev–Trinajstić information content (AvgIpc) is 3.07. The van der Waals surface area contributed by atoms with Gasteiger partial charge >= 0.3 is 11.9 Å². The summed E-state index contributed by atoms with van der Waals surface area (Å²) < 4.78 is 46.9. The maximum Gasteiger partial charge on any atom is 0.416 e. The molecule has 0 N–H and O–H groups in total. The van der Waals surface area contributed by atoms with Crippen LogP contribution in [0.15, 0.2) is 53.3 Å². The maximum atomic E-state index is 13.1. The summed E-state index contributed by atoms with van der Waals surface area (Å²) in [7, 11) is 1.51. The molecular weight excluding hydrogens is 459 g/mol. The topological polar surface area (TPSA) is 66.1 Å². The largest absolute Gasteiger partial charge is 0.416 e. The Morgan fingerprint density at radius 2 is 1.82 bits per heavy atom. The molecule has 0 radical (unpaired) electrons. The first-order valence-corrected chi connectivity index (χ1v) is 10.7. The number of nitrogens with zero attached hydrogens (tertiary/aromatic N) is 3. The number of ketones is 1. The van der Waals surface area contributed by atoms with Gasteiger partial charge in [-0.05, 0) is 48.7 Å². The first kappa shape index (κ1) is 24.7. The molecule has 33 heavy (non-hydrogen) atoms. The fourth-order valence-corrected chi connectivity index (χ4v) is 3.60. The van der Waals surface area contributed by atoms with Crippen molar-refractivity contribution in [2.45, 2.75) is 38.5 Å². The molecule has 176 valence electrons. The normalized spacial score (nSPS) is 11.7. The van der Waals surface area contributed by atoms with Crippen LogP contribution >= 0.6 is 11.6 Å². The Labute approximate surface area is 193 Å². The van der Waals surface area contributed by atoms with Gasteiger partial charge in [0.05, 0.1) is 18.7 Å². The number of carbonyl (C=O) groups is 1. The van der Waals surface area contributed by atoms with Gasteiger partial charge in [-0.15, -0.1) is 5.10 Å². The van der Waals surface area contributed by atoms with Crippen LogP contribution in [0.25, 0.3) is 11.4 Å². The van der Waals surface area contributed by atoms with Crippen molar-refractivity contribution in [3.63, 3.8) is 0 Å². The van der Waals surface area contributed by atoms with Gasteiger partial charge in [-0.2, -0.15) is 13.2 Å². The Hall–Kier alpha value is -2.91. The first-order valence-electron chi connectivity index (χ1n) is 10.3. The molecule has 0 unspecified atom stereocenters. The summed E-state index contributed by atoms with van der Waals surface area (Å²) in [6, 6.07) is 12.1. The lowest BCUT2D eigenvalue weighted by Crippen LogP contribution is -2.28. The third kappa shape index (κ3) is 6.33. The second-order valence-electron chi connectivity index (χ2n) is 7.46. The summed E-state index contributed by atoms with van der Waals surface area (Å²) in [6.07, 6.45) is -4.08. The Balaban J connectivity index is 1.71. The van der Waals surface area contributed by atoms with Crippen molar-refractivity contribution in [3.8, 4) is 11.4 Å². The van der Waals surface area contributed by atoms with Crippen LogP contribution in [0.1, 0.15) is 24.0 Å². The highest BCUT2D eigenvalue weighted by molar-refractivity contribution is 6.30. The monoisotopic (exact) mass is 481 g/mol. The predicted octanol–water partition coefficient (Wildman–Crippen LogP) is 4.62. The van der Waals surface area contributed by atoms with E-state index in [0.717, 1.165) is 10.7 Å². The number of aryl methyl sites for hydroxylation is 1. The Morgan fingerprint density at radius 3 is 2.48 bits per heavy atom. The van der Waals surface area contributed by atoms with Gasteiger partial charge in [-0.25, -0.2) is 9.48 Å².